The van der Waals surface area contributed by atoms with Crippen molar-refractivity contribution in [2.45, 2.75) is 74.5 Å². The molecule has 0 radical (unpaired) electrons. The fourth-order valence-corrected chi connectivity index (χ4v) is 4.62. The van der Waals surface area contributed by atoms with Crippen molar-refractivity contribution in [1.82, 2.24) is 0 Å². The van der Waals surface area contributed by atoms with Crippen LogP contribution >= 0.6 is 20.3 Å². The highest BCUT2D eigenvalue weighted by Gasteiger charge is 2.27. The van der Waals surface area contributed by atoms with Gasteiger partial charge in [-0.05, 0) is 0 Å². The smallest absolute Gasteiger partial charge is 0.418 e. The van der Waals surface area contributed by atoms with E-state index in [1.807, 2.05) is 27.7 Å². The molecule has 16 heavy (non-hydrogen) atoms. The van der Waals surface area contributed by atoms with Gasteiger partial charge in [0, 0.05) is 0 Å². The Labute approximate surface area is 123 Å². The zero-order valence-corrected chi connectivity index (χ0v) is 16.7. The van der Waals surface area contributed by atoms with Crippen molar-refractivity contribution in [3.63, 3.8) is 0 Å². The molecule has 4 heteroatoms. The molecule has 0 aromatic rings. The van der Waals surface area contributed by atoms with E-state index in [0.29, 0.717) is 9.56 Å². The van der Waals surface area contributed by atoms with Gasteiger partial charge in [0.25, 0.3) is 0 Å². The van der Waals surface area contributed by atoms with E-state index < -0.39 is 14.6 Å². The summed E-state index contributed by atoms with van der Waals surface area (Å²) in [4.78, 5) is 0. The third kappa shape index (κ3) is 10.9. The lowest BCUT2D eigenvalue weighted by Crippen LogP contribution is -2.13. The minimum Gasteiger partial charge on any atom is -0.418 e. The lowest BCUT2D eigenvalue weighted by molar-refractivity contribution is 0.729. The monoisotopic (exact) mass is 372 g/mol. The van der Waals surface area contributed by atoms with Gasteiger partial charge >= 0.3 is 25.5 Å². The molecule has 0 aliphatic heterocycles. The normalized spacial score (nSPS) is 10.9. The van der Waals surface area contributed by atoms with Crippen LogP contribution in [0.15, 0.2) is 0 Å². The van der Waals surface area contributed by atoms with Gasteiger partial charge in [-0.1, -0.05) is 74.5 Å². The van der Waals surface area contributed by atoms with Gasteiger partial charge in [-0.3, -0.25) is 0 Å². The largest absolute Gasteiger partial charge is 0.522 e. The first-order valence-corrected chi connectivity index (χ1v) is 13.7. The Morgan fingerprint density at radius 1 is 0.688 bits per heavy atom. The van der Waals surface area contributed by atoms with Crippen molar-refractivity contribution < 1.29 is 3.52 Å². The number of hydrogen-bond acceptors (Lipinski definition) is 0. The fourth-order valence-electron chi connectivity index (χ4n) is 1.54. The number of hydrogen-bond donors (Lipinski definition) is 0. The summed E-state index contributed by atoms with van der Waals surface area (Å²) in [5.41, 5.74) is 0. The quantitative estimate of drug-likeness (QED) is 0.419. The van der Waals surface area contributed by atoms with E-state index in [1.165, 1.54) is 0 Å². The van der Waals surface area contributed by atoms with E-state index in [2.05, 4.69) is 48.0 Å². The van der Waals surface area contributed by atoms with Crippen molar-refractivity contribution in [2.24, 2.45) is 0 Å². The van der Waals surface area contributed by atoms with Crippen molar-refractivity contribution in [3.8, 4) is 0 Å². The van der Waals surface area contributed by atoms with Crippen LogP contribution < -0.4 is 0 Å². The summed E-state index contributed by atoms with van der Waals surface area (Å²) in [5, 5.41) is 0. The van der Waals surface area contributed by atoms with Gasteiger partial charge in [-0.25, -0.2) is 20.3 Å². The topological polar surface area (TPSA) is 0 Å². The molecule has 0 heterocycles. The predicted octanol–water partition coefficient (Wildman–Crippen LogP) is 6.00. The van der Waals surface area contributed by atoms with Gasteiger partial charge in [0.05, 0.1) is 0 Å². The summed E-state index contributed by atoms with van der Waals surface area (Å²) in [6.07, 6.45) is 0. The highest BCUT2D eigenvalue weighted by atomic mass is 127. The molecule has 0 aromatic carbocycles. The second kappa shape index (κ2) is 10.6. The van der Waals surface area contributed by atoms with E-state index in [1.54, 1.807) is 0 Å². The van der Waals surface area contributed by atoms with Crippen LogP contribution in [0, 0.1) is 0 Å². The van der Waals surface area contributed by atoms with E-state index in [0.717, 1.165) is 9.56 Å². The second-order valence-corrected chi connectivity index (χ2v) is 17.3. The van der Waals surface area contributed by atoms with E-state index in [9.17, 15) is 3.52 Å². The van der Waals surface area contributed by atoms with Crippen LogP contribution in [-0.4, -0.2) is 25.5 Å². The van der Waals surface area contributed by atoms with Gasteiger partial charge < -0.3 is 3.52 Å². The first kappa shape index (κ1) is 20.1. The summed E-state index contributed by atoms with van der Waals surface area (Å²) in [7, 11) is -0.379. The van der Waals surface area contributed by atoms with Gasteiger partial charge in [0.15, 0.2) is 0 Å². The van der Waals surface area contributed by atoms with Crippen LogP contribution in [0.3, 0.4) is 0 Å². The number of rotatable bonds is 4. The van der Waals surface area contributed by atoms with Crippen molar-refractivity contribution in [3.05, 3.63) is 0 Å². The molecule has 0 spiro atoms. The predicted molar refractivity (Wildman–Crippen MR) is 87.0 cm³/mol. The Morgan fingerprint density at radius 3 is 0.938 bits per heavy atom. The molecule has 0 bridgehead atoms. The third-order valence-corrected chi connectivity index (χ3v) is 16.3. The average molecular weight is 372 g/mol. The lowest BCUT2D eigenvalue weighted by atomic mass is 10.5. The molecule has 0 saturated heterocycles. The summed E-state index contributed by atoms with van der Waals surface area (Å²) < 4.78 is 15.4. The third-order valence-electron chi connectivity index (χ3n) is 2.55. The summed E-state index contributed by atoms with van der Waals surface area (Å²) in [6, 6.07) is 0. The molecule has 0 aliphatic carbocycles. The molecule has 0 fully saturated rings. The van der Waals surface area contributed by atoms with Gasteiger partial charge in [0.1, 0.15) is 0 Å². The molecule has 0 saturated carbocycles. The van der Waals surface area contributed by atoms with Crippen LogP contribution in [0.4, 0.5) is 3.52 Å². The van der Waals surface area contributed by atoms with Crippen LogP contribution in [0.5, 0.6) is 0 Å². The first-order valence-electron chi connectivity index (χ1n) is 6.39. The van der Waals surface area contributed by atoms with E-state index in [-0.39, 0.29) is 10.9 Å². The standard InChI is InChI=1S/4C3H7.2Al.FH.HI/c4*1-3-2;;;;/h4*3H,1-2H3;;;2*1H/q;;;;2*+1;;/p-2. The molecule has 0 nitrogen and oxygen atoms in total. The SMILES string of the molecule is C[CH](C)[Al]([F])[CH](C)C.C[CH](C)[Al]([I])[CH](C)C. The Balaban J connectivity index is 0. The molecule has 0 amide bonds. The molecular formula is C12H28Al2FI. The first-order chi connectivity index (χ1) is 7.11. The Hall–Kier alpha value is 1.72. The van der Waals surface area contributed by atoms with E-state index in [4.69, 9.17) is 0 Å². The van der Waals surface area contributed by atoms with Gasteiger partial charge in [-0.15, -0.1) is 0 Å². The molecule has 0 aliphatic rings. The molecular weight excluding hydrogens is 344 g/mol. The Kier molecular flexibility index (Phi) is 13.3. The maximum absolute atomic E-state index is 12.8. The molecule has 0 atom stereocenters. The van der Waals surface area contributed by atoms with Crippen molar-refractivity contribution in [2.75, 3.05) is 0 Å². The van der Waals surface area contributed by atoms with Crippen LogP contribution in [0.25, 0.3) is 0 Å². The van der Waals surface area contributed by atoms with Crippen molar-refractivity contribution in [1.29, 1.82) is 0 Å². The zero-order valence-electron chi connectivity index (χ0n) is 12.2. The number of halogens is 2. The maximum atomic E-state index is 12.8. The van der Waals surface area contributed by atoms with Crippen molar-refractivity contribution >= 4 is 45.7 Å². The molecule has 96 valence electrons. The van der Waals surface area contributed by atoms with Crippen LogP contribution in [-0.2, 0) is 0 Å². The minimum absolute atomic E-state index is 0.315. The molecule has 0 unspecified atom stereocenters. The second-order valence-electron chi connectivity index (χ2n) is 5.86. The Morgan fingerprint density at radius 2 is 0.938 bits per heavy atom. The molecule has 0 aromatic heterocycles. The summed E-state index contributed by atoms with van der Waals surface area (Å²) in [6.45, 7) is 17.2. The zero-order chi connectivity index (χ0) is 13.5. The highest BCUT2D eigenvalue weighted by Crippen LogP contribution is 2.24. The van der Waals surface area contributed by atoms with Crippen LogP contribution in [0.2, 0.25) is 19.1 Å². The highest BCUT2D eigenvalue weighted by molar-refractivity contribution is 14.1. The summed E-state index contributed by atoms with van der Waals surface area (Å²) >= 11 is 0.812. The maximum Gasteiger partial charge on any atom is 0.522 e. The van der Waals surface area contributed by atoms with Crippen LogP contribution in [0.1, 0.15) is 55.4 Å². The van der Waals surface area contributed by atoms with E-state index >= 15 is 0 Å². The average Bonchev–Trinajstić information content (AvgIpc) is 2.15. The lowest BCUT2D eigenvalue weighted by Gasteiger charge is -2.10. The van der Waals surface area contributed by atoms with Gasteiger partial charge in [-0.2, -0.15) is 0 Å². The fraction of sp³-hybridized carbons (Fsp3) is 1.00. The molecule has 0 rings (SSSR count). The summed E-state index contributed by atoms with van der Waals surface area (Å²) in [5.74, 6) is 0. The minimum atomic E-state index is -1.85. The Bertz CT molecular complexity index is 127. The van der Waals surface area contributed by atoms with Gasteiger partial charge in [0.2, 0.25) is 0 Å². The molecule has 0 N–H and O–H groups in total.